The molecule has 0 aromatic rings. The van der Waals surface area contributed by atoms with Gasteiger partial charge in [0.25, 0.3) is 0 Å². The highest BCUT2D eigenvalue weighted by Gasteiger charge is 2.20. The van der Waals surface area contributed by atoms with Crippen molar-refractivity contribution in [2.45, 2.75) is 72.5 Å². The van der Waals surface area contributed by atoms with Crippen LogP contribution in [-0.2, 0) is 18.9 Å². The summed E-state index contributed by atoms with van der Waals surface area (Å²) in [5.41, 5.74) is -0.588. The molecule has 130 valence electrons. The van der Waals surface area contributed by atoms with Crippen molar-refractivity contribution < 1.29 is 28.5 Å². The van der Waals surface area contributed by atoms with Crippen molar-refractivity contribution >= 4 is 12.3 Å². The van der Waals surface area contributed by atoms with Crippen LogP contribution >= 0.6 is 0 Å². The first-order valence-electron chi connectivity index (χ1n) is 7.83. The summed E-state index contributed by atoms with van der Waals surface area (Å²) >= 11 is 0. The van der Waals surface area contributed by atoms with E-state index < -0.39 is 17.9 Å². The molecule has 0 saturated heterocycles. The first-order valence-corrected chi connectivity index (χ1v) is 7.83. The van der Waals surface area contributed by atoms with Crippen molar-refractivity contribution in [2.24, 2.45) is 5.92 Å². The maximum Gasteiger partial charge on any atom is 0.508 e. The van der Waals surface area contributed by atoms with Crippen LogP contribution in [0.5, 0.6) is 0 Å². The van der Waals surface area contributed by atoms with Gasteiger partial charge in [-0.3, -0.25) is 0 Å². The molecule has 0 aliphatic carbocycles. The molecular formula is C16H30O6. The van der Waals surface area contributed by atoms with Crippen LogP contribution in [0.15, 0.2) is 0 Å². The lowest BCUT2D eigenvalue weighted by atomic mass is 10.0. The molecule has 0 saturated carbocycles. The smallest absolute Gasteiger partial charge is 0.434 e. The summed E-state index contributed by atoms with van der Waals surface area (Å²) in [5, 5.41) is 0. The zero-order valence-electron chi connectivity index (χ0n) is 14.6. The predicted molar refractivity (Wildman–Crippen MR) is 82.8 cm³/mol. The summed E-state index contributed by atoms with van der Waals surface area (Å²) < 4.78 is 20.2. The SMILES string of the molecule is CCCOC(=O)OC(CCOC(=O)OC(C)(C)C)CC(C)C. The largest absolute Gasteiger partial charge is 0.508 e. The van der Waals surface area contributed by atoms with Crippen LogP contribution in [0.4, 0.5) is 9.59 Å². The Kier molecular flexibility index (Phi) is 9.61. The van der Waals surface area contributed by atoms with Gasteiger partial charge in [0.15, 0.2) is 0 Å². The van der Waals surface area contributed by atoms with Crippen LogP contribution in [0.3, 0.4) is 0 Å². The van der Waals surface area contributed by atoms with Crippen LogP contribution < -0.4 is 0 Å². The third-order valence-electron chi connectivity index (χ3n) is 2.47. The zero-order chi connectivity index (χ0) is 17.2. The monoisotopic (exact) mass is 318 g/mol. The highest BCUT2D eigenvalue weighted by Crippen LogP contribution is 2.14. The lowest BCUT2D eigenvalue weighted by molar-refractivity contribution is -0.0198. The predicted octanol–water partition coefficient (Wildman–Crippen LogP) is 4.31. The van der Waals surface area contributed by atoms with E-state index in [0.717, 1.165) is 6.42 Å². The lowest BCUT2D eigenvalue weighted by Crippen LogP contribution is -2.26. The van der Waals surface area contributed by atoms with E-state index in [0.29, 0.717) is 25.4 Å². The molecule has 0 heterocycles. The van der Waals surface area contributed by atoms with Crippen molar-refractivity contribution in [3.05, 3.63) is 0 Å². The van der Waals surface area contributed by atoms with E-state index in [2.05, 4.69) is 0 Å². The number of hydrogen-bond donors (Lipinski definition) is 0. The molecule has 22 heavy (non-hydrogen) atoms. The van der Waals surface area contributed by atoms with Gasteiger partial charge in [0, 0.05) is 6.42 Å². The number of ether oxygens (including phenoxy) is 4. The van der Waals surface area contributed by atoms with E-state index in [4.69, 9.17) is 18.9 Å². The molecule has 6 nitrogen and oxygen atoms in total. The molecule has 0 aliphatic heterocycles. The summed E-state index contributed by atoms with van der Waals surface area (Å²) in [6.07, 6.45) is 0.101. The van der Waals surface area contributed by atoms with Gasteiger partial charge in [-0.1, -0.05) is 20.8 Å². The number of rotatable bonds is 8. The summed E-state index contributed by atoms with van der Waals surface area (Å²) in [6, 6.07) is 0. The molecule has 0 aromatic heterocycles. The van der Waals surface area contributed by atoms with E-state index in [1.54, 1.807) is 20.8 Å². The second-order valence-corrected chi connectivity index (χ2v) is 6.57. The third kappa shape index (κ3) is 12.3. The van der Waals surface area contributed by atoms with E-state index in [9.17, 15) is 9.59 Å². The number of carbonyl (C=O) groups excluding carboxylic acids is 2. The number of carbonyl (C=O) groups is 2. The second-order valence-electron chi connectivity index (χ2n) is 6.57. The van der Waals surface area contributed by atoms with Gasteiger partial charge in [0.2, 0.25) is 0 Å². The molecule has 0 aromatic carbocycles. The van der Waals surface area contributed by atoms with Gasteiger partial charge in [-0.2, -0.15) is 0 Å². The summed E-state index contributed by atoms with van der Waals surface area (Å²) in [7, 11) is 0. The Morgan fingerprint density at radius 1 is 1.00 bits per heavy atom. The molecule has 0 bridgehead atoms. The third-order valence-corrected chi connectivity index (χ3v) is 2.47. The summed E-state index contributed by atoms with van der Waals surface area (Å²) in [4.78, 5) is 23.0. The van der Waals surface area contributed by atoms with E-state index >= 15 is 0 Å². The molecule has 0 spiro atoms. The van der Waals surface area contributed by atoms with Crippen molar-refractivity contribution in [3.63, 3.8) is 0 Å². The molecule has 0 amide bonds. The van der Waals surface area contributed by atoms with Crippen LogP contribution in [0.2, 0.25) is 0 Å². The van der Waals surface area contributed by atoms with Gasteiger partial charge >= 0.3 is 12.3 Å². The maximum absolute atomic E-state index is 11.5. The van der Waals surface area contributed by atoms with Gasteiger partial charge in [-0.05, 0) is 39.5 Å². The average Bonchev–Trinajstić information content (AvgIpc) is 2.33. The molecule has 0 rings (SSSR count). The van der Waals surface area contributed by atoms with Gasteiger partial charge in [0.1, 0.15) is 11.7 Å². The molecular weight excluding hydrogens is 288 g/mol. The van der Waals surface area contributed by atoms with Gasteiger partial charge in [-0.25, -0.2) is 9.59 Å². The van der Waals surface area contributed by atoms with E-state index in [1.165, 1.54) is 0 Å². The van der Waals surface area contributed by atoms with Gasteiger partial charge in [0.05, 0.1) is 13.2 Å². The van der Waals surface area contributed by atoms with Crippen LogP contribution in [0.1, 0.15) is 60.8 Å². The molecule has 1 atom stereocenters. The van der Waals surface area contributed by atoms with E-state index in [1.807, 2.05) is 20.8 Å². The molecule has 1 unspecified atom stereocenters. The van der Waals surface area contributed by atoms with Crippen molar-refractivity contribution in [1.82, 2.24) is 0 Å². The number of hydrogen-bond acceptors (Lipinski definition) is 6. The standard InChI is InChI=1S/C16H30O6/c1-7-9-19-14(17)21-13(11-12(2)3)8-10-20-15(18)22-16(4,5)6/h12-13H,7-11H2,1-6H3. The molecule has 0 radical (unpaired) electrons. The van der Waals surface area contributed by atoms with Gasteiger partial charge < -0.3 is 18.9 Å². The fourth-order valence-corrected chi connectivity index (χ4v) is 1.66. The highest BCUT2D eigenvalue weighted by molar-refractivity contribution is 5.60. The first-order chi connectivity index (χ1) is 10.1. The van der Waals surface area contributed by atoms with Crippen molar-refractivity contribution in [3.8, 4) is 0 Å². The molecule has 0 aliphatic rings. The first kappa shape index (κ1) is 20.5. The Bertz CT molecular complexity index is 332. The van der Waals surface area contributed by atoms with Crippen molar-refractivity contribution in [1.29, 1.82) is 0 Å². The minimum Gasteiger partial charge on any atom is -0.434 e. The van der Waals surface area contributed by atoms with Crippen LogP contribution in [0.25, 0.3) is 0 Å². The minimum atomic E-state index is -0.718. The fourth-order valence-electron chi connectivity index (χ4n) is 1.66. The lowest BCUT2D eigenvalue weighted by Gasteiger charge is -2.21. The van der Waals surface area contributed by atoms with Crippen LogP contribution in [-0.4, -0.2) is 37.2 Å². The highest BCUT2D eigenvalue weighted by atomic mass is 16.7. The Morgan fingerprint density at radius 2 is 1.59 bits per heavy atom. The fraction of sp³-hybridized carbons (Fsp3) is 0.875. The Hall–Kier alpha value is -1.46. The Balaban J connectivity index is 4.19. The van der Waals surface area contributed by atoms with Gasteiger partial charge in [-0.15, -0.1) is 0 Å². The topological polar surface area (TPSA) is 71.1 Å². The minimum absolute atomic E-state index is 0.132. The molecule has 6 heteroatoms. The van der Waals surface area contributed by atoms with E-state index in [-0.39, 0.29) is 12.7 Å². The normalized spacial score (nSPS) is 12.7. The Morgan fingerprint density at radius 3 is 2.09 bits per heavy atom. The quantitative estimate of drug-likeness (QED) is 0.621. The molecule has 0 fully saturated rings. The summed E-state index contributed by atoms with van der Waals surface area (Å²) in [6.45, 7) is 11.7. The second kappa shape index (κ2) is 10.3. The summed E-state index contributed by atoms with van der Waals surface area (Å²) in [5.74, 6) is 0.352. The zero-order valence-corrected chi connectivity index (χ0v) is 14.6. The van der Waals surface area contributed by atoms with Crippen LogP contribution in [0, 0.1) is 5.92 Å². The maximum atomic E-state index is 11.5. The average molecular weight is 318 g/mol. The Labute approximate surface area is 133 Å². The van der Waals surface area contributed by atoms with Crippen molar-refractivity contribution in [2.75, 3.05) is 13.2 Å². The molecule has 0 N–H and O–H groups in total.